The highest BCUT2D eigenvalue weighted by Crippen LogP contribution is 2.24. The van der Waals surface area contributed by atoms with Crippen LogP contribution >= 0.6 is 11.3 Å². The summed E-state index contributed by atoms with van der Waals surface area (Å²) in [5.41, 5.74) is 0.367. The Morgan fingerprint density at radius 2 is 2.16 bits per heavy atom. The Morgan fingerprint density at radius 1 is 1.40 bits per heavy atom. The number of hydrogen-bond donors (Lipinski definition) is 2. The van der Waals surface area contributed by atoms with Crippen molar-refractivity contribution in [1.29, 1.82) is 0 Å². The number of aromatic nitrogens is 1. The smallest absolute Gasteiger partial charge is 0.256 e. The van der Waals surface area contributed by atoms with Gasteiger partial charge < -0.3 is 15.3 Å². The summed E-state index contributed by atoms with van der Waals surface area (Å²) >= 11 is 1.58. The van der Waals surface area contributed by atoms with Gasteiger partial charge in [0.25, 0.3) is 5.91 Å². The van der Waals surface area contributed by atoms with Crippen LogP contribution in [0, 0.1) is 12.7 Å². The monoisotopic (exact) mass is 363 g/mol. The molecule has 1 saturated heterocycles. The third kappa shape index (κ3) is 4.42. The van der Waals surface area contributed by atoms with Crippen LogP contribution in [0.3, 0.4) is 0 Å². The Bertz CT molecular complexity index is 734. The van der Waals surface area contributed by atoms with Crippen LogP contribution in [0.1, 0.15) is 29.1 Å². The molecule has 1 aromatic carbocycles. The van der Waals surface area contributed by atoms with Crippen LogP contribution in [0.25, 0.3) is 0 Å². The SMILES string of the molecule is Cc1nc(CNC[C@@]2(O)CCCN(Cc3ccc(F)cc3)C2=O)cs1. The van der Waals surface area contributed by atoms with Gasteiger partial charge in [-0.2, -0.15) is 0 Å². The van der Waals surface area contributed by atoms with Crippen molar-refractivity contribution in [3.63, 3.8) is 0 Å². The van der Waals surface area contributed by atoms with Crippen molar-refractivity contribution in [1.82, 2.24) is 15.2 Å². The summed E-state index contributed by atoms with van der Waals surface area (Å²) in [6, 6.07) is 6.10. The van der Waals surface area contributed by atoms with Crippen LogP contribution in [0.5, 0.6) is 0 Å². The van der Waals surface area contributed by atoms with Crippen molar-refractivity contribution in [2.24, 2.45) is 0 Å². The summed E-state index contributed by atoms with van der Waals surface area (Å²) in [7, 11) is 0. The molecule has 1 aromatic heterocycles. The Labute approximate surface area is 150 Å². The number of carbonyl (C=O) groups excluding carboxylic acids is 1. The van der Waals surface area contributed by atoms with Crippen LogP contribution in [-0.2, 0) is 17.9 Å². The zero-order valence-electron chi connectivity index (χ0n) is 14.2. The van der Waals surface area contributed by atoms with Gasteiger partial charge in [-0.15, -0.1) is 11.3 Å². The van der Waals surface area contributed by atoms with E-state index in [1.807, 2.05) is 12.3 Å². The maximum Gasteiger partial charge on any atom is 0.256 e. The number of benzene rings is 1. The van der Waals surface area contributed by atoms with E-state index in [1.54, 1.807) is 28.4 Å². The summed E-state index contributed by atoms with van der Waals surface area (Å²) in [6.07, 6.45) is 1.18. The lowest BCUT2D eigenvalue weighted by Gasteiger charge is -2.38. The normalized spacial score (nSPS) is 20.9. The van der Waals surface area contributed by atoms with Crippen LogP contribution < -0.4 is 5.32 Å². The summed E-state index contributed by atoms with van der Waals surface area (Å²) in [5, 5.41) is 16.9. The molecule has 0 spiro atoms. The van der Waals surface area contributed by atoms with Crippen molar-refractivity contribution in [3.05, 3.63) is 51.7 Å². The van der Waals surface area contributed by atoms with Crippen molar-refractivity contribution in [3.8, 4) is 0 Å². The minimum absolute atomic E-state index is 0.197. The number of amides is 1. The van der Waals surface area contributed by atoms with Gasteiger partial charge in [-0.1, -0.05) is 12.1 Å². The molecule has 2 aromatic rings. The molecular weight excluding hydrogens is 341 g/mol. The predicted molar refractivity (Wildman–Crippen MR) is 94.6 cm³/mol. The summed E-state index contributed by atoms with van der Waals surface area (Å²) in [6.45, 7) is 3.65. The highest BCUT2D eigenvalue weighted by atomic mass is 32.1. The standard InChI is InChI=1S/C18H22FN3O2S/c1-13-21-16(11-25-13)9-20-12-18(24)7-2-8-22(17(18)23)10-14-3-5-15(19)6-4-14/h3-6,11,20,24H,2,7-10,12H2,1H3/t18-/m0/s1. The molecule has 0 radical (unpaired) electrons. The average Bonchev–Trinajstić information content (AvgIpc) is 2.99. The lowest BCUT2D eigenvalue weighted by Crippen LogP contribution is -2.57. The van der Waals surface area contributed by atoms with Gasteiger partial charge in [0, 0.05) is 31.6 Å². The van der Waals surface area contributed by atoms with E-state index in [0.29, 0.717) is 26.1 Å². The Hall–Kier alpha value is -1.83. The largest absolute Gasteiger partial charge is 0.379 e. The van der Waals surface area contributed by atoms with E-state index in [1.165, 1.54) is 12.1 Å². The summed E-state index contributed by atoms with van der Waals surface area (Å²) in [5.74, 6) is -0.572. The Balaban J connectivity index is 1.58. The van der Waals surface area contributed by atoms with E-state index < -0.39 is 5.60 Å². The second-order valence-corrected chi connectivity index (χ2v) is 7.51. The zero-order valence-corrected chi connectivity index (χ0v) is 15.0. The van der Waals surface area contributed by atoms with Gasteiger partial charge in [0.15, 0.2) is 5.60 Å². The van der Waals surface area contributed by atoms with Crippen LogP contribution in [-0.4, -0.2) is 39.6 Å². The first kappa shape index (κ1) is 18.0. The Kier molecular flexibility index (Phi) is 5.46. The van der Waals surface area contributed by atoms with Crippen molar-refractivity contribution >= 4 is 17.2 Å². The molecule has 0 bridgehead atoms. The number of aryl methyl sites for hydroxylation is 1. The topological polar surface area (TPSA) is 65.5 Å². The molecular formula is C18H22FN3O2S. The van der Waals surface area contributed by atoms with Gasteiger partial charge in [0.05, 0.1) is 10.7 Å². The lowest BCUT2D eigenvalue weighted by atomic mass is 9.91. The summed E-state index contributed by atoms with van der Waals surface area (Å²) < 4.78 is 13.0. The van der Waals surface area contributed by atoms with Gasteiger partial charge in [0.2, 0.25) is 0 Å². The number of carbonyl (C=O) groups is 1. The molecule has 0 saturated carbocycles. The zero-order chi connectivity index (χ0) is 17.9. The maximum absolute atomic E-state index is 13.0. The van der Waals surface area contributed by atoms with Crippen LogP contribution in [0.2, 0.25) is 0 Å². The summed E-state index contributed by atoms with van der Waals surface area (Å²) in [4.78, 5) is 18.7. The molecule has 7 heteroatoms. The molecule has 0 aliphatic carbocycles. The van der Waals surface area contributed by atoms with E-state index in [2.05, 4.69) is 10.3 Å². The van der Waals surface area contributed by atoms with Crippen molar-refractivity contribution in [2.75, 3.05) is 13.1 Å². The fourth-order valence-electron chi connectivity index (χ4n) is 3.08. The van der Waals surface area contributed by atoms with Crippen molar-refractivity contribution in [2.45, 2.75) is 38.5 Å². The highest BCUT2D eigenvalue weighted by molar-refractivity contribution is 7.09. The number of halogens is 1. The average molecular weight is 363 g/mol. The minimum atomic E-state index is -1.40. The molecule has 1 fully saturated rings. The molecule has 25 heavy (non-hydrogen) atoms. The number of piperidine rings is 1. The highest BCUT2D eigenvalue weighted by Gasteiger charge is 2.41. The maximum atomic E-state index is 13.0. The molecule has 2 N–H and O–H groups in total. The first-order valence-corrected chi connectivity index (χ1v) is 9.22. The molecule has 1 aliphatic rings. The molecule has 2 heterocycles. The number of nitrogens with one attached hydrogen (secondary N) is 1. The Morgan fingerprint density at radius 3 is 2.84 bits per heavy atom. The van der Waals surface area contributed by atoms with Gasteiger partial charge in [-0.05, 0) is 37.5 Å². The minimum Gasteiger partial charge on any atom is -0.379 e. The van der Waals surface area contributed by atoms with Crippen molar-refractivity contribution < 1.29 is 14.3 Å². The van der Waals surface area contributed by atoms with E-state index in [0.717, 1.165) is 22.7 Å². The molecule has 5 nitrogen and oxygen atoms in total. The first-order chi connectivity index (χ1) is 12.0. The predicted octanol–water partition coefficient (Wildman–Crippen LogP) is 2.23. The van der Waals surface area contributed by atoms with Gasteiger partial charge in [0.1, 0.15) is 5.82 Å². The second kappa shape index (κ2) is 7.59. The molecule has 3 rings (SSSR count). The van der Waals surface area contributed by atoms with Gasteiger partial charge >= 0.3 is 0 Å². The van der Waals surface area contributed by atoms with Gasteiger partial charge in [-0.3, -0.25) is 4.79 Å². The number of thiazole rings is 1. The van der Waals surface area contributed by atoms with Gasteiger partial charge in [-0.25, -0.2) is 9.37 Å². The molecule has 134 valence electrons. The molecule has 1 atom stereocenters. The third-order valence-electron chi connectivity index (χ3n) is 4.38. The fraction of sp³-hybridized carbons (Fsp3) is 0.444. The molecule has 0 unspecified atom stereocenters. The van der Waals surface area contributed by atoms with E-state index in [9.17, 15) is 14.3 Å². The van der Waals surface area contributed by atoms with E-state index >= 15 is 0 Å². The second-order valence-electron chi connectivity index (χ2n) is 6.45. The van der Waals surface area contributed by atoms with E-state index in [-0.39, 0.29) is 18.3 Å². The van der Waals surface area contributed by atoms with E-state index in [4.69, 9.17) is 0 Å². The van der Waals surface area contributed by atoms with Crippen LogP contribution in [0.15, 0.2) is 29.6 Å². The fourth-order valence-corrected chi connectivity index (χ4v) is 3.69. The molecule has 1 aliphatic heterocycles. The molecule has 1 amide bonds. The number of hydrogen-bond acceptors (Lipinski definition) is 5. The first-order valence-electron chi connectivity index (χ1n) is 8.34. The number of nitrogens with zero attached hydrogens (tertiary/aromatic N) is 2. The quantitative estimate of drug-likeness (QED) is 0.826. The lowest BCUT2D eigenvalue weighted by molar-refractivity contribution is -0.157. The third-order valence-corrected chi connectivity index (χ3v) is 5.20. The van der Waals surface area contributed by atoms with Crippen LogP contribution in [0.4, 0.5) is 4.39 Å². The number of aliphatic hydroxyl groups is 1. The number of likely N-dealkylation sites (tertiary alicyclic amines) is 1. The number of rotatable bonds is 6.